The maximum atomic E-state index is 13.1. The van der Waals surface area contributed by atoms with E-state index in [-0.39, 0.29) is 25.7 Å². The monoisotopic (exact) mass is 1500 g/mol. The number of unbranched alkanes of at least 4 members (excludes halogenated alkanes) is 27. The van der Waals surface area contributed by atoms with Crippen molar-refractivity contribution in [3.05, 3.63) is 134 Å². The summed E-state index contributed by atoms with van der Waals surface area (Å²) in [4.78, 5) is 73.1. The Hall–Kier alpha value is -4.80. The Kier molecular flexibility index (Phi) is 72.9. The summed E-state index contributed by atoms with van der Waals surface area (Å²) in [6.07, 6.45) is 85.6. The zero-order valence-corrected chi connectivity index (χ0v) is 66.9. The molecule has 17 nitrogen and oxygen atoms in total. The van der Waals surface area contributed by atoms with Crippen molar-refractivity contribution in [3.8, 4) is 0 Å². The van der Waals surface area contributed by atoms with Gasteiger partial charge in [0.05, 0.1) is 26.4 Å². The summed E-state index contributed by atoms with van der Waals surface area (Å²) in [5.41, 5.74) is 0. The number of rotatable bonds is 75. The lowest BCUT2D eigenvalue weighted by molar-refractivity contribution is -0.161. The molecule has 104 heavy (non-hydrogen) atoms. The third-order valence-electron chi connectivity index (χ3n) is 16.6. The molecule has 0 aliphatic carbocycles. The van der Waals surface area contributed by atoms with Gasteiger partial charge in [-0.15, -0.1) is 0 Å². The molecule has 0 aromatic heterocycles. The molecule has 3 N–H and O–H groups in total. The van der Waals surface area contributed by atoms with Gasteiger partial charge in [-0.3, -0.25) is 37.3 Å². The topological polar surface area (TPSA) is 237 Å². The predicted molar refractivity (Wildman–Crippen MR) is 427 cm³/mol. The van der Waals surface area contributed by atoms with Crippen molar-refractivity contribution in [2.24, 2.45) is 0 Å². The average Bonchev–Trinajstić information content (AvgIpc) is 0.939. The van der Waals surface area contributed by atoms with E-state index < -0.39 is 97.5 Å². The summed E-state index contributed by atoms with van der Waals surface area (Å²) < 4.78 is 68.6. The highest BCUT2D eigenvalue weighted by atomic mass is 31.2. The lowest BCUT2D eigenvalue weighted by atomic mass is 10.1. The van der Waals surface area contributed by atoms with E-state index in [1.54, 1.807) is 0 Å². The van der Waals surface area contributed by atoms with Crippen LogP contribution in [-0.4, -0.2) is 96.7 Å². The minimum Gasteiger partial charge on any atom is -0.462 e. The Morgan fingerprint density at radius 3 is 0.779 bits per heavy atom. The summed E-state index contributed by atoms with van der Waals surface area (Å²) in [6.45, 7) is 4.49. The van der Waals surface area contributed by atoms with E-state index in [4.69, 9.17) is 37.0 Å². The van der Waals surface area contributed by atoms with Crippen LogP contribution in [0, 0.1) is 0 Å². The van der Waals surface area contributed by atoms with Crippen LogP contribution >= 0.6 is 15.6 Å². The van der Waals surface area contributed by atoms with Gasteiger partial charge in [-0.25, -0.2) is 9.13 Å². The number of carbonyl (C=O) groups excluding carboxylic acids is 4. The summed E-state index contributed by atoms with van der Waals surface area (Å²) >= 11 is 0. The van der Waals surface area contributed by atoms with Crippen molar-refractivity contribution < 1.29 is 80.2 Å². The molecule has 19 heteroatoms. The summed E-state index contributed by atoms with van der Waals surface area (Å²) in [6, 6.07) is 0. The van der Waals surface area contributed by atoms with Crippen molar-refractivity contribution in [2.75, 3.05) is 39.6 Å². The number of hydrogen-bond donors (Lipinski definition) is 3. The molecule has 0 spiro atoms. The second-order valence-corrected chi connectivity index (χ2v) is 29.5. The molecule has 0 saturated carbocycles. The molecule has 0 heterocycles. The molecule has 0 saturated heterocycles. The fraction of sp³-hybridized carbons (Fsp3) is 0.694. The van der Waals surface area contributed by atoms with Gasteiger partial charge in [0, 0.05) is 25.7 Å². The fourth-order valence-corrected chi connectivity index (χ4v) is 12.1. The Morgan fingerprint density at radius 1 is 0.279 bits per heavy atom. The first-order valence-electron chi connectivity index (χ1n) is 40.4. The van der Waals surface area contributed by atoms with Gasteiger partial charge < -0.3 is 33.8 Å². The third kappa shape index (κ3) is 75.4. The molecule has 0 fully saturated rings. The first-order valence-corrected chi connectivity index (χ1v) is 43.4. The van der Waals surface area contributed by atoms with Crippen LogP contribution in [0.2, 0.25) is 0 Å². The molecule has 0 aromatic carbocycles. The number of phosphoric ester groups is 2. The number of ether oxygens (including phenoxy) is 4. The normalized spacial score (nSPS) is 14.6. The smallest absolute Gasteiger partial charge is 0.462 e. The minimum atomic E-state index is -4.99. The second-order valence-electron chi connectivity index (χ2n) is 26.6. The number of aliphatic hydroxyl groups is 1. The maximum absolute atomic E-state index is 13.1. The van der Waals surface area contributed by atoms with Crippen LogP contribution in [0.5, 0.6) is 0 Å². The number of hydrogen-bond acceptors (Lipinski definition) is 15. The van der Waals surface area contributed by atoms with Gasteiger partial charge in [0.25, 0.3) is 0 Å². The minimum absolute atomic E-state index is 0.0704. The Morgan fingerprint density at radius 2 is 0.500 bits per heavy atom. The third-order valence-corrected chi connectivity index (χ3v) is 18.5. The van der Waals surface area contributed by atoms with Crippen LogP contribution in [0.3, 0.4) is 0 Å². The number of phosphoric acid groups is 2. The molecule has 0 aromatic rings. The molecule has 0 amide bonds. The predicted octanol–water partition coefficient (Wildman–Crippen LogP) is 23.7. The number of allylic oxidation sites excluding steroid dienone is 22. The van der Waals surface area contributed by atoms with Gasteiger partial charge in [0.15, 0.2) is 12.2 Å². The van der Waals surface area contributed by atoms with Crippen LogP contribution in [0.4, 0.5) is 0 Å². The highest BCUT2D eigenvalue weighted by Gasteiger charge is 2.30. The van der Waals surface area contributed by atoms with E-state index in [9.17, 15) is 43.2 Å². The molecule has 0 radical (unpaired) electrons. The molecule has 5 unspecified atom stereocenters. The molecule has 0 rings (SSSR count). The zero-order valence-electron chi connectivity index (χ0n) is 65.2. The highest BCUT2D eigenvalue weighted by Crippen LogP contribution is 2.45. The van der Waals surface area contributed by atoms with Crippen LogP contribution in [0.25, 0.3) is 0 Å². The first-order chi connectivity index (χ1) is 50.7. The van der Waals surface area contributed by atoms with E-state index >= 15 is 0 Å². The zero-order chi connectivity index (χ0) is 76.0. The van der Waals surface area contributed by atoms with Crippen molar-refractivity contribution in [1.29, 1.82) is 0 Å². The summed E-state index contributed by atoms with van der Waals surface area (Å²) in [7, 11) is -9.97. The number of aliphatic hydroxyl groups excluding tert-OH is 1. The molecule has 0 aliphatic rings. The van der Waals surface area contributed by atoms with E-state index in [1.165, 1.54) is 25.7 Å². The number of esters is 4. The van der Waals surface area contributed by atoms with E-state index in [2.05, 4.69) is 161 Å². The van der Waals surface area contributed by atoms with Crippen LogP contribution in [-0.2, 0) is 65.4 Å². The van der Waals surface area contributed by atoms with Gasteiger partial charge in [0.2, 0.25) is 0 Å². The Balaban J connectivity index is 5.37. The molecule has 596 valence electrons. The first kappa shape index (κ1) is 99.2. The van der Waals surface area contributed by atoms with Gasteiger partial charge in [-0.1, -0.05) is 277 Å². The van der Waals surface area contributed by atoms with Crippen molar-refractivity contribution >= 4 is 39.5 Å². The lowest BCUT2D eigenvalue weighted by Crippen LogP contribution is -2.30. The summed E-state index contributed by atoms with van der Waals surface area (Å²) in [5, 5.41) is 10.6. The SMILES string of the molecule is CC/C=C\C/C=C\C/C=C\C/C=C\CCCCCCCCC(=O)OCC(COP(=O)(O)OCC(O)COP(=O)(O)OCC(COC(=O)CCCCCCCCC/C=C\C/C=C\C/C=C\CC)OC(=O)CCCCCCC/C=C\C/C=C\C/C=C\CC)OC(=O)CCCCCCC/C=C\CCCCCC. The van der Waals surface area contributed by atoms with Gasteiger partial charge in [-0.05, 0) is 154 Å². The summed E-state index contributed by atoms with van der Waals surface area (Å²) in [5.74, 6) is -2.22. The molecular formula is C85H144O17P2. The van der Waals surface area contributed by atoms with Gasteiger partial charge in [0.1, 0.15) is 19.3 Å². The van der Waals surface area contributed by atoms with E-state index in [1.807, 2.05) is 0 Å². The van der Waals surface area contributed by atoms with Crippen LogP contribution < -0.4 is 0 Å². The van der Waals surface area contributed by atoms with E-state index in [0.717, 1.165) is 218 Å². The Labute approximate surface area is 631 Å². The lowest BCUT2D eigenvalue weighted by Gasteiger charge is -2.21. The molecule has 0 aliphatic heterocycles. The molecular weight excluding hydrogens is 1350 g/mol. The highest BCUT2D eigenvalue weighted by molar-refractivity contribution is 7.47. The number of carbonyl (C=O) groups is 4. The fourth-order valence-electron chi connectivity index (χ4n) is 10.5. The van der Waals surface area contributed by atoms with Gasteiger partial charge in [-0.2, -0.15) is 0 Å². The molecule has 5 atom stereocenters. The average molecular weight is 1500 g/mol. The van der Waals surface area contributed by atoms with Gasteiger partial charge >= 0.3 is 39.5 Å². The van der Waals surface area contributed by atoms with Crippen molar-refractivity contribution in [1.82, 2.24) is 0 Å². The van der Waals surface area contributed by atoms with E-state index in [0.29, 0.717) is 25.7 Å². The Bertz CT molecular complexity index is 2490. The van der Waals surface area contributed by atoms with Crippen molar-refractivity contribution in [3.63, 3.8) is 0 Å². The largest absolute Gasteiger partial charge is 0.472 e. The van der Waals surface area contributed by atoms with Crippen LogP contribution in [0.1, 0.15) is 323 Å². The quantitative estimate of drug-likeness (QED) is 0.0169. The standard InChI is InChI=1S/C85H144O17P2/c1-5-9-13-17-21-25-29-33-36-38-39-41-44-47-50-54-58-62-66-70-83(88)95-75-80(101-84(89)71-67-63-59-55-51-45-32-28-24-20-16-12-8-4)77-99-103(91,92)97-73-79(86)74-98-104(93,94)100-78-81(102-85(90)72-68-64-60-56-52-48-42-35-31-27-23-19-15-11-7-3)76-96-82(87)69-65-61-57-53-49-46-43-40-37-34-30-26-22-18-14-10-6-2/h9-11,13-15,21-23,25-28,32-37,39,41-42,79-81,86H,5-8,12,16-20,24,29-31,38,40,43-78H2,1-4H3,(H,91,92)(H,93,94)/b13-9-,14-10-,15-11-,25-21-,26-22-,27-23-,32-28-,36-33-,37-34-,41-39-,42-35-. The molecule has 0 bridgehead atoms. The second kappa shape index (κ2) is 76.4. The maximum Gasteiger partial charge on any atom is 0.472 e. The van der Waals surface area contributed by atoms with Crippen molar-refractivity contribution in [2.45, 2.75) is 341 Å². The van der Waals surface area contributed by atoms with Crippen LogP contribution in [0.15, 0.2) is 134 Å².